The van der Waals surface area contributed by atoms with Crippen LogP contribution in [0.1, 0.15) is 52.9 Å². The minimum Gasteiger partial charge on any atom is -0.393 e. The van der Waals surface area contributed by atoms with Crippen LogP contribution in [0, 0.1) is 23.7 Å². The second-order valence-corrected chi connectivity index (χ2v) is 7.02. The minimum absolute atomic E-state index is 0.0686. The molecule has 2 rings (SSSR count). The normalized spacial score (nSPS) is 39.2. The number of nitrogens with zero attached hydrogens (tertiary/aromatic N) is 1. The summed E-state index contributed by atoms with van der Waals surface area (Å²) in [6, 6.07) is 0. The second kappa shape index (κ2) is 6.38. The lowest BCUT2D eigenvalue weighted by atomic mass is 9.69. The van der Waals surface area contributed by atoms with Gasteiger partial charge >= 0.3 is 0 Å². The van der Waals surface area contributed by atoms with Crippen molar-refractivity contribution in [3.05, 3.63) is 0 Å². The van der Waals surface area contributed by atoms with Gasteiger partial charge in [0.1, 0.15) is 0 Å². The molecule has 0 bridgehead atoms. The molecule has 0 amide bonds. The highest BCUT2D eigenvalue weighted by atomic mass is 16.3. The quantitative estimate of drug-likeness (QED) is 0.835. The molecule has 2 heteroatoms. The maximum absolute atomic E-state index is 10.3. The largest absolute Gasteiger partial charge is 0.393 e. The van der Waals surface area contributed by atoms with Crippen LogP contribution in [0.3, 0.4) is 0 Å². The second-order valence-electron chi connectivity index (χ2n) is 7.02. The molecule has 0 aromatic carbocycles. The molecular formula is C16H31NO. The van der Waals surface area contributed by atoms with Gasteiger partial charge in [0.2, 0.25) is 0 Å². The van der Waals surface area contributed by atoms with E-state index in [0.29, 0.717) is 11.8 Å². The van der Waals surface area contributed by atoms with Gasteiger partial charge in [-0.2, -0.15) is 0 Å². The zero-order valence-corrected chi connectivity index (χ0v) is 12.4. The first-order valence-electron chi connectivity index (χ1n) is 7.98. The van der Waals surface area contributed by atoms with Gasteiger partial charge < -0.3 is 10.0 Å². The van der Waals surface area contributed by atoms with E-state index in [4.69, 9.17) is 0 Å². The lowest BCUT2D eigenvalue weighted by molar-refractivity contribution is -0.00940. The van der Waals surface area contributed by atoms with Gasteiger partial charge in [0, 0.05) is 6.54 Å². The molecule has 2 nitrogen and oxygen atoms in total. The van der Waals surface area contributed by atoms with Crippen LogP contribution in [0.15, 0.2) is 0 Å². The third-order valence-electron chi connectivity index (χ3n) is 5.38. The van der Waals surface area contributed by atoms with E-state index in [0.717, 1.165) is 18.3 Å². The van der Waals surface area contributed by atoms with Gasteiger partial charge in [-0.25, -0.2) is 0 Å². The molecule has 106 valence electrons. The third-order valence-corrected chi connectivity index (χ3v) is 5.38. The van der Waals surface area contributed by atoms with E-state index >= 15 is 0 Å². The molecule has 1 heterocycles. The zero-order valence-electron chi connectivity index (χ0n) is 12.4. The summed E-state index contributed by atoms with van der Waals surface area (Å²) in [7, 11) is 0. The van der Waals surface area contributed by atoms with Crippen molar-refractivity contribution < 1.29 is 5.11 Å². The van der Waals surface area contributed by atoms with Crippen molar-refractivity contribution in [3.63, 3.8) is 0 Å². The van der Waals surface area contributed by atoms with Crippen LogP contribution in [-0.4, -0.2) is 35.7 Å². The van der Waals surface area contributed by atoms with Crippen LogP contribution in [0.2, 0.25) is 0 Å². The number of likely N-dealkylation sites (tertiary alicyclic amines) is 1. The lowest BCUT2D eigenvalue weighted by Crippen LogP contribution is -2.43. The molecule has 0 unspecified atom stereocenters. The molecule has 0 aromatic rings. The molecule has 1 N–H and O–H groups in total. The van der Waals surface area contributed by atoms with Crippen LogP contribution in [0.4, 0.5) is 0 Å². The Labute approximate surface area is 113 Å². The van der Waals surface area contributed by atoms with Crippen molar-refractivity contribution in [2.24, 2.45) is 23.7 Å². The van der Waals surface area contributed by atoms with Gasteiger partial charge in [-0.3, -0.25) is 0 Å². The van der Waals surface area contributed by atoms with E-state index in [1.54, 1.807) is 0 Å². The molecule has 18 heavy (non-hydrogen) atoms. The summed E-state index contributed by atoms with van der Waals surface area (Å²) < 4.78 is 0. The summed E-state index contributed by atoms with van der Waals surface area (Å²) in [6.45, 7) is 10.7. The summed E-state index contributed by atoms with van der Waals surface area (Å²) in [5.41, 5.74) is 0. The van der Waals surface area contributed by atoms with Crippen molar-refractivity contribution in [1.29, 1.82) is 0 Å². The fourth-order valence-corrected chi connectivity index (χ4v) is 3.80. The molecule has 1 aliphatic carbocycles. The Morgan fingerprint density at radius 1 is 1.11 bits per heavy atom. The number of hydrogen-bond acceptors (Lipinski definition) is 2. The third kappa shape index (κ3) is 3.48. The van der Waals surface area contributed by atoms with E-state index in [2.05, 4.69) is 25.7 Å². The predicted octanol–water partition coefficient (Wildman–Crippen LogP) is 3.15. The molecule has 2 aliphatic rings. The number of rotatable bonds is 3. The maximum atomic E-state index is 10.3. The highest BCUT2D eigenvalue weighted by Gasteiger charge is 2.36. The van der Waals surface area contributed by atoms with Crippen LogP contribution in [0.25, 0.3) is 0 Å². The first-order chi connectivity index (χ1) is 8.58. The van der Waals surface area contributed by atoms with E-state index in [-0.39, 0.29) is 6.10 Å². The summed E-state index contributed by atoms with van der Waals surface area (Å²) >= 11 is 0. The highest BCUT2D eigenvalue weighted by Crippen LogP contribution is 2.38. The van der Waals surface area contributed by atoms with E-state index in [1.165, 1.54) is 45.3 Å². The Balaban J connectivity index is 1.91. The lowest BCUT2D eigenvalue weighted by Gasteiger charge is -2.42. The first kappa shape index (κ1) is 14.3. The Morgan fingerprint density at radius 2 is 1.78 bits per heavy atom. The average molecular weight is 253 g/mol. The van der Waals surface area contributed by atoms with E-state index in [9.17, 15) is 5.11 Å². The van der Waals surface area contributed by atoms with Gasteiger partial charge in [0.25, 0.3) is 0 Å². The minimum atomic E-state index is -0.0686. The van der Waals surface area contributed by atoms with Crippen LogP contribution in [0.5, 0.6) is 0 Å². The van der Waals surface area contributed by atoms with E-state index in [1.807, 2.05) is 0 Å². The summed E-state index contributed by atoms with van der Waals surface area (Å²) in [4.78, 5) is 2.64. The Bertz CT molecular complexity index is 247. The molecule has 0 radical (unpaired) electrons. The Morgan fingerprint density at radius 3 is 2.39 bits per heavy atom. The predicted molar refractivity (Wildman–Crippen MR) is 76.5 cm³/mol. The Hall–Kier alpha value is -0.0800. The number of piperidine rings is 1. The fraction of sp³-hybridized carbons (Fsp3) is 1.00. The SMILES string of the molecule is CC(C)[C@H]1C[C@H](CN2CCCCC2)[C@@H](C)[C@@H](O)C1. The first-order valence-corrected chi connectivity index (χ1v) is 7.98. The van der Waals surface area contributed by atoms with Crippen LogP contribution < -0.4 is 0 Å². The van der Waals surface area contributed by atoms with Gasteiger partial charge in [0.15, 0.2) is 0 Å². The number of aliphatic hydroxyl groups is 1. The smallest absolute Gasteiger partial charge is 0.0571 e. The van der Waals surface area contributed by atoms with Crippen molar-refractivity contribution in [3.8, 4) is 0 Å². The molecular weight excluding hydrogens is 222 g/mol. The average Bonchev–Trinajstić information content (AvgIpc) is 2.35. The van der Waals surface area contributed by atoms with E-state index < -0.39 is 0 Å². The van der Waals surface area contributed by atoms with Gasteiger partial charge in [0.05, 0.1) is 6.10 Å². The molecule has 0 aromatic heterocycles. The molecule has 4 atom stereocenters. The molecule has 0 spiro atoms. The van der Waals surface area contributed by atoms with Gasteiger partial charge in [-0.1, -0.05) is 27.2 Å². The highest BCUT2D eigenvalue weighted by molar-refractivity contribution is 4.87. The topological polar surface area (TPSA) is 23.5 Å². The Kier molecular flexibility index (Phi) is 5.08. The standard InChI is InChI=1S/C16H31NO/c1-12(2)14-9-15(13(3)16(18)10-14)11-17-7-5-4-6-8-17/h12-16,18H,4-11H2,1-3H3/t13-,14+,15-,16+/m1/s1. The van der Waals surface area contributed by atoms with Crippen LogP contribution >= 0.6 is 0 Å². The maximum Gasteiger partial charge on any atom is 0.0571 e. The summed E-state index contributed by atoms with van der Waals surface area (Å²) in [5.74, 6) is 2.64. The summed E-state index contributed by atoms with van der Waals surface area (Å²) in [6.07, 6.45) is 6.44. The zero-order chi connectivity index (χ0) is 13.1. The fourth-order valence-electron chi connectivity index (χ4n) is 3.80. The monoisotopic (exact) mass is 253 g/mol. The van der Waals surface area contributed by atoms with Crippen molar-refractivity contribution in [1.82, 2.24) is 4.90 Å². The van der Waals surface area contributed by atoms with Gasteiger partial charge in [-0.15, -0.1) is 0 Å². The number of aliphatic hydroxyl groups excluding tert-OH is 1. The van der Waals surface area contributed by atoms with Crippen molar-refractivity contribution in [2.75, 3.05) is 19.6 Å². The van der Waals surface area contributed by atoms with Crippen molar-refractivity contribution >= 4 is 0 Å². The van der Waals surface area contributed by atoms with Crippen molar-refractivity contribution in [2.45, 2.75) is 59.0 Å². The summed E-state index contributed by atoms with van der Waals surface area (Å²) in [5, 5.41) is 10.3. The molecule has 1 saturated carbocycles. The number of hydrogen-bond donors (Lipinski definition) is 1. The van der Waals surface area contributed by atoms with Crippen LogP contribution in [-0.2, 0) is 0 Å². The molecule has 2 fully saturated rings. The molecule has 1 saturated heterocycles. The van der Waals surface area contributed by atoms with Gasteiger partial charge in [-0.05, 0) is 62.4 Å². The molecule has 1 aliphatic heterocycles.